The van der Waals surface area contributed by atoms with E-state index in [1.807, 2.05) is 19.1 Å². The summed E-state index contributed by atoms with van der Waals surface area (Å²) in [5.74, 6) is -0.140. The van der Waals surface area contributed by atoms with Gasteiger partial charge in [0.25, 0.3) is 5.91 Å². The summed E-state index contributed by atoms with van der Waals surface area (Å²) in [5.41, 5.74) is 3.39. The lowest BCUT2D eigenvalue weighted by Crippen LogP contribution is -2.39. The molecule has 3 heterocycles. The van der Waals surface area contributed by atoms with Gasteiger partial charge in [0, 0.05) is 36.3 Å². The topological polar surface area (TPSA) is 81.4 Å². The molecule has 0 bridgehead atoms. The maximum Gasteiger partial charge on any atom is 0.256 e. The molecule has 8 heteroatoms. The van der Waals surface area contributed by atoms with E-state index in [0.717, 1.165) is 56.4 Å². The summed E-state index contributed by atoms with van der Waals surface area (Å²) >= 11 is 6.09. The number of aryl methyl sites for hydroxylation is 1. The van der Waals surface area contributed by atoms with Gasteiger partial charge in [-0.05, 0) is 51.2 Å². The number of nitrogens with one attached hydrogen (secondary N) is 1. The number of fused-ring (bicyclic) bond motifs is 1. The number of carbonyl (C=O) groups excluding carboxylic acids is 1. The maximum atomic E-state index is 13.0. The van der Waals surface area contributed by atoms with E-state index in [0.29, 0.717) is 28.0 Å². The second-order valence-electron chi connectivity index (χ2n) is 8.14. The lowest BCUT2D eigenvalue weighted by atomic mass is 9.92. The van der Waals surface area contributed by atoms with E-state index in [1.165, 1.54) is 0 Å². The third kappa shape index (κ3) is 5.05. The highest BCUT2D eigenvalue weighted by atomic mass is 35.5. The molecule has 3 aromatic heterocycles. The van der Waals surface area contributed by atoms with Gasteiger partial charge in [0.2, 0.25) is 0 Å². The van der Waals surface area contributed by atoms with E-state index < -0.39 is 0 Å². The molecule has 1 aliphatic rings. The van der Waals surface area contributed by atoms with Crippen molar-refractivity contribution in [3.05, 3.63) is 47.0 Å². The molecular formula is C23H28ClN5O2. The second-order valence-corrected chi connectivity index (χ2v) is 8.58. The number of pyridine rings is 1. The molecule has 0 spiro atoms. The minimum absolute atomic E-state index is 0.140. The molecule has 1 fully saturated rings. The molecule has 0 saturated heterocycles. The fraction of sp³-hybridized carbons (Fsp3) is 0.478. The normalized spacial score (nSPS) is 18.9. The highest BCUT2D eigenvalue weighted by Crippen LogP contribution is 2.24. The minimum atomic E-state index is -0.140. The SMILES string of the molecule is CCCCO[C@H]1CC[C@H](NC(=O)c2cnn3c(C)cc(-c4cncc(Cl)c4)nc23)CC1. The number of halogens is 1. The van der Waals surface area contributed by atoms with Gasteiger partial charge in [-0.15, -0.1) is 0 Å². The Morgan fingerprint density at radius 2 is 2.03 bits per heavy atom. The standard InChI is InChI=1S/C23H28ClN5O2/c1-3-4-9-31-19-7-5-18(6-8-19)27-23(30)20-14-26-29-15(2)10-21(28-22(20)29)16-11-17(24)13-25-12-16/h10-14,18-19H,3-9H2,1-2H3,(H,27,30)/t18-,19-. The van der Waals surface area contributed by atoms with Crippen LogP contribution in [-0.4, -0.2) is 44.2 Å². The maximum absolute atomic E-state index is 13.0. The first-order valence-corrected chi connectivity index (χ1v) is 11.3. The van der Waals surface area contributed by atoms with Crippen LogP contribution in [0.3, 0.4) is 0 Å². The molecule has 3 aromatic rings. The van der Waals surface area contributed by atoms with Crippen LogP contribution in [0.4, 0.5) is 0 Å². The lowest BCUT2D eigenvalue weighted by molar-refractivity contribution is 0.0209. The van der Waals surface area contributed by atoms with Crippen molar-refractivity contribution in [2.45, 2.75) is 64.5 Å². The van der Waals surface area contributed by atoms with Crippen LogP contribution in [0.5, 0.6) is 0 Å². The predicted molar refractivity (Wildman–Crippen MR) is 120 cm³/mol. The summed E-state index contributed by atoms with van der Waals surface area (Å²) in [4.78, 5) is 21.9. The fourth-order valence-electron chi connectivity index (χ4n) is 4.00. The molecule has 1 aliphatic carbocycles. The van der Waals surface area contributed by atoms with E-state index >= 15 is 0 Å². The number of nitrogens with zero attached hydrogens (tertiary/aromatic N) is 4. The molecule has 0 radical (unpaired) electrons. The summed E-state index contributed by atoms with van der Waals surface area (Å²) in [6.45, 7) is 4.93. The second kappa shape index (κ2) is 9.75. The van der Waals surface area contributed by atoms with Crippen LogP contribution >= 0.6 is 11.6 Å². The van der Waals surface area contributed by atoms with E-state index in [-0.39, 0.29) is 11.9 Å². The van der Waals surface area contributed by atoms with Crippen LogP contribution in [0.15, 0.2) is 30.7 Å². The van der Waals surface area contributed by atoms with Crippen molar-refractivity contribution in [3.8, 4) is 11.3 Å². The molecule has 0 aliphatic heterocycles. The van der Waals surface area contributed by atoms with Crippen LogP contribution in [-0.2, 0) is 4.74 Å². The molecular weight excluding hydrogens is 414 g/mol. The predicted octanol–water partition coefficient (Wildman–Crippen LogP) is 4.61. The van der Waals surface area contributed by atoms with E-state index in [1.54, 1.807) is 23.1 Å². The molecule has 4 rings (SSSR count). The van der Waals surface area contributed by atoms with Crippen LogP contribution < -0.4 is 5.32 Å². The van der Waals surface area contributed by atoms with Crippen molar-refractivity contribution in [3.63, 3.8) is 0 Å². The van der Waals surface area contributed by atoms with Gasteiger partial charge in [-0.3, -0.25) is 9.78 Å². The Hall–Kier alpha value is -2.51. The van der Waals surface area contributed by atoms with Crippen LogP contribution in [0.2, 0.25) is 5.02 Å². The molecule has 31 heavy (non-hydrogen) atoms. The largest absolute Gasteiger partial charge is 0.378 e. The third-order valence-electron chi connectivity index (χ3n) is 5.76. The van der Waals surface area contributed by atoms with Gasteiger partial charge in [0.05, 0.1) is 23.0 Å². The molecule has 164 valence electrons. The summed E-state index contributed by atoms with van der Waals surface area (Å²) in [7, 11) is 0. The van der Waals surface area contributed by atoms with Crippen LogP contribution in [0, 0.1) is 6.92 Å². The highest BCUT2D eigenvalue weighted by Gasteiger charge is 2.25. The Bertz CT molecular complexity index is 1060. The number of rotatable bonds is 7. The lowest BCUT2D eigenvalue weighted by Gasteiger charge is -2.29. The Balaban J connectivity index is 1.47. The Labute approximate surface area is 187 Å². The highest BCUT2D eigenvalue weighted by molar-refractivity contribution is 6.30. The zero-order chi connectivity index (χ0) is 21.8. The zero-order valence-corrected chi connectivity index (χ0v) is 18.7. The summed E-state index contributed by atoms with van der Waals surface area (Å²) in [6, 6.07) is 3.87. The number of unbranched alkanes of at least 4 members (excludes halogenated alkanes) is 1. The summed E-state index contributed by atoms with van der Waals surface area (Å²) in [6.07, 6.45) is 11.2. The monoisotopic (exact) mass is 441 g/mol. The zero-order valence-electron chi connectivity index (χ0n) is 18.0. The molecule has 0 aromatic carbocycles. The van der Waals surface area contributed by atoms with Gasteiger partial charge < -0.3 is 10.1 Å². The average Bonchev–Trinajstić information content (AvgIpc) is 3.20. The smallest absolute Gasteiger partial charge is 0.256 e. The average molecular weight is 442 g/mol. The van der Waals surface area contributed by atoms with Gasteiger partial charge >= 0.3 is 0 Å². The first kappa shape index (κ1) is 21.7. The van der Waals surface area contributed by atoms with Gasteiger partial charge in [0.1, 0.15) is 5.56 Å². The molecule has 0 atom stereocenters. The van der Waals surface area contributed by atoms with Crippen molar-refractivity contribution in [1.29, 1.82) is 0 Å². The number of hydrogen-bond acceptors (Lipinski definition) is 5. The van der Waals surface area contributed by atoms with Crippen molar-refractivity contribution in [2.24, 2.45) is 0 Å². The summed E-state index contributed by atoms with van der Waals surface area (Å²) < 4.78 is 7.62. The van der Waals surface area contributed by atoms with E-state index in [9.17, 15) is 4.79 Å². The van der Waals surface area contributed by atoms with Gasteiger partial charge in [-0.2, -0.15) is 5.10 Å². The van der Waals surface area contributed by atoms with Crippen molar-refractivity contribution < 1.29 is 9.53 Å². The fourth-order valence-corrected chi connectivity index (χ4v) is 4.18. The first-order chi connectivity index (χ1) is 15.0. The third-order valence-corrected chi connectivity index (χ3v) is 5.96. The number of aromatic nitrogens is 4. The molecule has 1 N–H and O–H groups in total. The Morgan fingerprint density at radius 3 is 2.77 bits per heavy atom. The number of hydrogen-bond donors (Lipinski definition) is 1. The number of ether oxygens (including phenoxy) is 1. The van der Waals surface area contributed by atoms with E-state index in [4.69, 9.17) is 21.3 Å². The van der Waals surface area contributed by atoms with Gasteiger partial charge in [0.15, 0.2) is 5.65 Å². The van der Waals surface area contributed by atoms with Gasteiger partial charge in [-0.1, -0.05) is 24.9 Å². The Kier molecular flexibility index (Phi) is 6.83. The molecule has 0 unspecified atom stereocenters. The van der Waals surface area contributed by atoms with Gasteiger partial charge in [-0.25, -0.2) is 9.50 Å². The molecule has 1 amide bonds. The van der Waals surface area contributed by atoms with Crippen molar-refractivity contribution in [2.75, 3.05) is 6.61 Å². The van der Waals surface area contributed by atoms with Crippen molar-refractivity contribution >= 4 is 23.2 Å². The number of amides is 1. The number of carbonyl (C=O) groups is 1. The minimum Gasteiger partial charge on any atom is -0.378 e. The Morgan fingerprint density at radius 1 is 1.23 bits per heavy atom. The van der Waals surface area contributed by atoms with Crippen LogP contribution in [0.1, 0.15) is 61.5 Å². The summed E-state index contributed by atoms with van der Waals surface area (Å²) in [5, 5.41) is 8.08. The quantitative estimate of drug-likeness (QED) is 0.541. The van der Waals surface area contributed by atoms with Crippen molar-refractivity contribution in [1.82, 2.24) is 24.9 Å². The molecule has 1 saturated carbocycles. The van der Waals surface area contributed by atoms with Crippen LogP contribution in [0.25, 0.3) is 16.9 Å². The molecule has 7 nitrogen and oxygen atoms in total. The first-order valence-electron chi connectivity index (χ1n) is 10.9. The van der Waals surface area contributed by atoms with E-state index in [2.05, 4.69) is 22.3 Å².